The van der Waals surface area contributed by atoms with Crippen molar-refractivity contribution in [2.75, 3.05) is 0 Å². The maximum atomic E-state index is 12.7. The summed E-state index contributed by atoms with van der Waals surface area (Å²) < 4.78 is 2.31. The molecule has 0 atom stereocenters. The van der Waals surface area contributed by atoms with Crippen LogP contribution in [0.3, 0.4) is 0 Å². The van der Waals surface area contributed by atoms with E-state index >= 15 is 0 Å². The molecule has 0 unspecified atom stereocenters. The number of carbonyl (C=O) groups excluding carboxylic acids is 1. The van der Waals surface area contributed by atoms with E-state index in [2.05, 4.69) is 47.7 Å². The maximum Gasteiger partial charge on any atom is 0.165 e. The van der Waals surface area contributed by atoms with Crippen LogP contribution in [0.25, 0.3) is 11.3 Å². The van der Waals surface area contributed by atoms with Gasteiger partial charge in [0.25, 0.3) is 0 Å². The van der Waals surface area contributed by atoms with E-state index in [1.807, 2.05) is 30.5 Å². The molecule has 0 amide bonds. The lowest BCUT2D eigenvalue weighted by atomic mass is 9.76. The summed E-state index contributed by atoms with van der Waals surface area (Å²) in [6.45, 7) is 5.09. The molecule has 0 saturated heterocycles. The SMILES string of the molecule is CC1(C)CC(=O)c2cc(-c3ccccc3)n(Cc3cccnc3)c2C1. The Morgan fingerprint density at radius 2 is 1.88 bits per heavy atom. The van der Waals surface area contributed by atoms with Gasteiger partial charge in [-0.2, -0.15) is 0 Å². The number of nitrogens with zero attached hydrogens (tertiary/aromatic N) is 2. The van der Waals surface area contributed by atoms with E-state index in [-0.39, 0.29) is 11.2 Å². The Labute approximate surface area is 148 Å². The predicted octanol–water partition coefficient (Wildman–Crippen LogP) is 4.75. The topological polar surface area (TPSA) is 34.9 Å². The van der Waals surface area contributed by atoms with Crippen molar-refractivity contribution < 1.29 is 4.79 Å². The zero-order valence-corrected chi connectivity index (χ0v) is 14.7. The molecule has 1 aromatic carbocycles. The lowest BCUT2D eigenvalue weighted by molar-refractivity contribution is 0.0910. The molecule has 2 heterocycles. The number of carbonyl (C=O) groups is 1. The van der Waals surface area contributed by atoms with Gasteiger partial charge < -0.3 is 4.57 Å². The van der Waals surface area contributed by atoms with Gasteiger partial charge in [0.2, 0.25) is 0 Å². The van der Waals surface area contributed by atoms with Gasteiger partial charge in [-0.1, -0.05) is 50.2 Å². The second-order valence-electron chi connectivity index (χ2n) is 7.64. The van der Waals surface area contributed by atoms with Gasteiger partial charge in [-0.3, -0.25) is 9.78 Å². The fourth-order valence-electron chi connectivity index (χ4n) is 3.77. The van der Waals surface area contributed by atoms with E-state index in [0.717, 1.165) is 41.0 Å². The highest BCUT2D eigenvalue weighted by Gasteiger charge is 2.34. The van der Waals surface area contributed by atoms with Crippen molar-refractivity contribution in [2.24, 2.45) is 5.41 Å². The summed E-state index contributed by atoms with van der Waals surface area (Å²) in [4.78, 5) is 17.0. The lowest BCUT2D eigenvalue weighted by Gasteiger charge is -2.30. The van der Waals surface area contributed by atoms with Gasteiger partial charge in [-0.05, 0) is 35.1 Å². The highest BCUT2D eigenvalue weighted by atomic mass is 16.1. The number of Topliss-reactive ketones (excluding diaryl/α,β-unsaturated/α-hetero) is 1. The minimum atomic E-state index is 0.00306. The third kappa shape index (κ3) is 3.02. The number of pyridine rings is 1. The summed E-state index contributed by atoms with van der Waals surface area (Å²) in [5.74, 6) is 0.258. The summed E-state index contributed by atoms with van der Waals surface area (Å²) >= 11 is 0. The van der Waals surface area contributed by atoms with Gasteiger partial charge in [-0.15, -0.1) is 0 Å². The maximum absolute atomic E-state index is 12.7. The number of aromatic nitrogens is 2. The number of fused-ring (bicyclic) bond motifs is 1. The molecule has 0 N–H and O–H groups in total. The Kier molecular flexibility index (Phi) is 3.79. The van der Waals surface area contributed by atoms with Crippen LogP contribution in [-0.4, -0.2) is 15.3 Å². The average Bonchev–Trinajstić information content (AvgIpc) is 2.94. The minimum absolute atomic E-state index is 0.00306. The lowest BCUT2D eigenvalue weighted by Crippen LogP contribution is -2.28. The highest BCUT2D eigenvalue weighted by Crippen LogP contribution is 2.38. The molecule has 0 spiro atoms. The summed E-state index contributed by atoms with van der Waals surface area (Å²) in [5.41, 5.74) is 5.45. The molecule has 126 valence electrons. The third-order valence-electron chi connectivity index (χ3n) is 4.93. The number of rotatable bonds is 3. The van der Waals surface area contributed by atoms with Crippen molar-refractivity contribution in [2.45, 2.75) is 33.2 Å². The van der Waals surface area contributed by atoms with Crippen molar-refractivity contribution in [3.05, 3.63) is 77.7 Å². The van der Waals surface area contributed by atoms with Gasteiger partial charge in [0.15, 0.2) is 5.78 Å². The Morgan fingerprint density at radius 3 is 2.60 bits per heavy atom. The molecular formula is C22H22N2O. The van der Waals surface area contributed by atoms with Crippen molar-refractivity contribution in [1.29, 1.82) is 0 Å². The Bertz CT molecular complexity index is 908. The predicted molar refractivity (Wildman–Crippen MR) is 99.6 cm³/mol. The molecule has 1 aliphatic carbocycles. The van der Waals surface area contributed by atoms with E-state index in [0.29, 0.717) is 6.42 Å². The molecule has 0 radical (unpaired) electrons. The molecule has 4 rings (SSSR count). The quantitative estimate of drug-likeness (QED) is 0.694. The van der Waals surface area contributed by atoms with Crippen molar-refractivity contribution in [3.63, 3.8) is 0 Å². The molecule has 3 aromatic rings. The zero-order valence-electron chi connectivity index (χ0n) is 14.7. The number of ketones is 1. The smallest absolute Gasteiger partial charge is 0.165 e. The molecular weight excluding hydrogens is 308 g/mol. The van der Waals surface area contributed by atoms with E-state index < -0.39 is 0 Å². The molecule has 25 heavy (non-hydrogen) atoms. The first-order chi connectivity index (χ1) is 12.0. The fourth-order valence-corrected chi connectivity index (χ4v) is 3.77. The Hall–Kier alpha value is -2.68. The van der Waals surface area contributed by atoms with E-state index in [1.54, 1.807) is 6.20 Å². The molecule has 0 bridgehead atoms. The van der Waals surface area contributed by atoms with Crippen LogP contribution in [0, 0.1) is 5.41 Å². The average molecular weight is 330 g/mol. The van der Waals surface area contributed by atoms with E-state index in [4.69, 9.17) is 0 Å². The largest absolute Gasteiger partial charge is 0.339 e. The van der Waals surface area contributed by atoms with Crippen LogP contribution in [-0.2, 0) is 13.0 Å². The van der Waals surface area contributed by atoms with Crippen LogP contribution in [0.4, 0.5) is 0 Å². The van der Waals surface area contributed by atoms with Crippen LogP contribution in [0.2, 0.25) is 0 Å². The van der Waals surface area contributed by atoms with Crippen molar-refractivity contribution in [3.8, 4) is 11.3 Å². The molecule has 0 aliphatic heterocycles. The zero-order chi connectivity index (χ0) is 17.4. The summed E-state index contributed by atoms with van der Waals surface area (Å²) in [6.07, 6.45) is 5.22. The van der Waals surface area contributed by atoms with Gasteiger partial charge >= 0.3 is 0 Å². The molecule has 2 aromatic heterocycles. The molecule has 1 aliphatic rings. The normalized spacial score (nSPS) is 15.8. The number of hydrogen-bond acceptors (Lipinski definition) is 2. The first kappa shape index (κ1) is 15.8. The second-order valence-corrected chi connectivity index (χ2v) is 7.64. The summed E-state index contributed by atoms with van der Waals surface area (Å²) in [6, 6.07) is 16.5. The highest BCUT2D eigenvalue weighted by molar-refractivity contribution is 6.00. The standard InChI is InChI=1S/C22H22N2O/c1-22(2)12-20-18(21(25)13-22)11-19(17-8-4-3-5-9-17)24(20)15-16-7-6-10-23-14-16/h3-11,14H,12-13,15H2,1-2H3. The van der Waals surface area contributed by atoms with Gasteiger partial charge in [0, 0.05) is 42.3 Å². The van der Waals surface area contributed by atoms with E-state index in [9.17, 15) is 4.79 Å². The number of hydrogen-bond donors (Lipinski definition) is 0. The molecule has 0 fully saturated rings. The first-order valence-corrected chi connectivity index (χ1v) is 8.73. The van der Waals surface area contributed by atoms with Gasteiger partial charge in [0.05, 0.1) is 0 Å². The first-order valence-electron chi connectivity index (χ1n) is 8.73. The van der Waals surface area contributed by atoms with Gasteiger partial charge in [0.1, 0.15) is 0 Å². The fraction of sp³-hybridized carbons (Fsp3) is 0.273. The minimum Gasteiger partial charge on any atom is -0.339 e. The second kappa shape index (κ2) is 5.99. The molecule has 0 saturated carbocycles. The molecule has 3 nitrogen and oxygen atoms in total. The Balaban J connectivity index is 1.88. The monoisotopic (exact) mass is 330 g/mol. The van der Waals surface area contributed by atoms with E-state index in [1.165, 1.54) is 0 Å². The van der Waals surface area contributed by atoms with Crippen LogP contribution in [0.1, 0.15) is 41.9 Å². The van der Waals surface area contributed by atoms with Crippen molar-refractivity contribution >= 4 is 5.78 Å². The molecule has 3 heteroatoms. The van der Waals surface area contributed by atoms with Crippen molar-refractivity contribution in [1.82, 2.24) is 9.55 Å². The van der Waals surface area contributed by atoms with Gasteiger partial charge in [-0.25, -0.2) is 0 Å². The van der Waals surface area contributed by atoms with Crippen LogP contribution in [0.5, 0.6) is 0 Å². The Morgan fingerprint density at radius 1 is 1.08 bits per heavy atom. The summed E-state index contributed by atoms with van der Waals surface area (Å²) in [5, 5.41) is 0. The van der Waals surface area contributed by atoms with Crippen LogP contribution in [0.15, 0.2) is 60.9 Å². The third-order valence-corrected chi connectivity index (χ3v) is 4.93. The summed E-state index contributed by atoms with van der Waals surface area (Å²) in [7, 11) is 0. The van der Waals surface area contributed by atoms with Crippen LogP contribution >= 0.6 is 0 Å². The van der Waals surface area contributed by atoms with Crippen LogP contribution < -0.4 is 0 Å². The number of benzene rings is 1.